The second-order valence-electron chi connectivity index (χ2n) is 9.95. The van der Waals surface area contributed by atoms with Gasteiger partial charge in [0.15, 0.2) is 11.5 Å². The number of rotatable bonds is 4. The molecule has 0 radical (unpaired) electrons. The van der Waals surface area contributed by atoms with Gasteiger partial charge in [-0.05, 0) is 36.4 Å². The lowest BCUT2D eigenvalue weighted by atomic mass is 9.95. The average Bonchev–Trinajstić information content (AvgIpc) is 3.52. The van der Waals surface area contributed by atoms with Crippen molar-refractivity contribution in [2.75, 3.05) is 5.32 Å². The van der Waals surface area contributed by atoms with Gasteiger partial charge in [-0.15, -0.1) is 0 Å². The normalized spacial score (nSPS) is 11.8. The summed E-state index contributed by atoms with van der Waals surface area (Å²) in [5.41, 5.74) is 5.33. The van der Waals surface area contributed by atoms with Gasteiger partial charge in [-0.2, -0.15) is 5.10 Å². The van der Waals surface area contributed by atoms with Crippen LogP contribution in [0.5, 0.6) is 0 Å². The lowest BCUT2D eigenvalue weighted by Crippen LogP contribution is -2.27. The van der Waals surface area contributed by atoms with Gasteiger partial charge in [0.1, 0.15) is 22.5 Å². The monoisotopic (exact) mass is 506 g/mol. The van der Waals surface area contributed by atoms with Crippen LogP contribution in [0, 0.1) is 11.2 Å². The lowest BCUT2D eigenvalue weighted by molar-refractivity contribution is -0.123. The van der Waals surface area contributed by atoms with E-state index in [1.54, 1.807) is 42.9 Å². The Bertz CT molecular complexity index is 1830. The molecule has 9 nitrogen and oxygen atoms in total. The van der Waals surface area contributed by atoms with Crippen molar-refractivity contribution in [3.05, 3.63) is 72.9 Å². The van der Waals surface area contributed by atoms with Crippen LogP contribution in [0.2, 0.25) is 0 Å². The molecule has 0 unspecified atom stereocenters. The number of aromatic nitrogens is 7. The smallest absolute Gasteiger partial charge is 0.229 e. The van der Waals surface area contributed by atoms with Crippen molar-refractivity contribution in [2.45, 2.75) is 20.8 Å². The number of halogens is 1. The summed E-state index contributed by atoms with van der Waals surface area (Å²) >= 11 is 0. The second kappa shape index (κ2) is 8.84. The summed E-state index contributed by atoms with van der Waals surface area (Å²) in [5, 5.41) is 10.4. The van der Waals surface area contributed by atoms with Crippen molar-refractivity contribution in [1.82, 2.24) is 35.1 Å². The molecule has 6 rings (SSSR count). The first-order valence-corrected chi connectivity index (χ1v) is 12.0. The van der Waals surface area contributed by atoms with E-state index in [2.05, 4.69) is 30.5 Å². The van der Waals surface area contributed by atoms with E-state index in [1.165, 1.54) is 6.07 Å². The molecule has 5 heterocycles. The van der Waals surface area contributed by atoms with Crippen LogP contribution < -0.4 is 5.32 Å². The van der Waals surface area contributed by atoms with Crippen molar-refractivity contribution in [2.24, 2.45) is 5.41 Å². The maximum absolute atomic E-state index is 14.5. The molecule has 10 heteroatoms. The number of fused-ring (bicyclic) bond motifs is 2. The highest BCUT2D eigenvalue weighted by Crippen LogP contribution is 2.32. The van der Waals surface area contributed by atoms with Crippen LogP contribution in [0.1, 0.15) is 20.8 Å². The van der Waals surface area contributed by atoms with Crippen molar-refractivity contribution in [3.63, 3.8) is 0 Å². The molecule has 0 fully saturated rings. The van der Waals surface area contributed by atoms with Crippen molar-refractivity contribution in [1.29, 1.82) is 0 Å². The topological polar surface area (TPSA) is 125 Å². The molecule has 38 heavy (non-hydrogen) atoms. The number of pyridine rings is 3. The van der Waals surface area contributed by atoms with E-state index in [9.17, 15) is 9.18 Å². The first kappa shape index (κ1) is 23.4. The second-order valence-corrected chi connectivity index (χ2v) is 9.95. The van der Waals surface area contributed by atoms with Crippen LogP contribution in [0.3, 0.4) is 0 Å². The number of H-pyrrole nitrogens is 2. The third-order valence-electron chi connectivity index (χ3n) is 6.13. The number of hydrogen-bond donors (Lipinski definition) is 3. The summed E-state index contributed by atoms with van der Waals surface area (Å²) in [7, 11) is 0. The Morgan fingerprint density at radius 1 is 0.947 bits per heavy atom. The SMILES string of the molecule is CC(C)(C)C(=O)Nc1cncc(-c2ccc3[nH]nc(-c4nc5c(-c6ccccc6F)nccc5[nH]4)c3n2)c1. The molecular weight excluding hydrogens is 483 g/mol. The summed E-state index contributed by atoms with van der Waals surface area (Å²) in [6.07, 6.45) is 4.91. The van der Waals surface area contributed by atoms with Gasteiger partial charge in [0.05, 0.1) is 28.6 Å². The van der Waals surface area contributed by atoms with Gasteiger partial charge in [0.25, 0.3) is 0 Å². The summed E-state index contributed by atoms with van der Waals surface area (Å²) < 4.78 is 14.5. The minimum Gasteiger partial charge on any atom is -0.336 e. The molecule has 0 atom stereocenters. The van der Waals surface area contributed by atoms with Crippen LogP contribution >= 0.6 is 0 Å². The van der Waals surface area contributed by atoms with Gasteiger partial charge in [0, 0.05) is 28.9 Å². The Kier molecular flexibility index (Phi) is 5.45. The molecule has 0 aliphatic rings. The number of hydrogen-bond acceptors (Lipinski definition) is 6. The highest BCUT2D eigenvalue weighted by Gasteiger charge is 2.22. The van der Waals surface area contributed by atoms with E-state index >= 15 is 0 Å². The lowest BCUT2D eigenvalue weighted by Gasteiger charge is -2.17. The molecule has 0 aliphatic carbocycles. The largest absolute Gasteiger partial charge is 0.336 e. The van der Waals surface area contributed by atoms with Gasteiger partial charge in [-0.1, -0.05) is 32.9 Å². The third kappa shape index (κ3) is 4.15. The van der Waals surface area contributed by atoms with Crippen LogP contribution in [0.4, 0.5) is 10.1 Å². The Morgan fingerprint density at radius 3 is 2.58 bits per heavy atom. The summed E-state index contributed by atoms with van der Waals surface area (Å²) in [6, 6.07) is 13.8. The zero-order valence-electron chi connectivity index (χ0n) is 20.9. The number of carbonyl (C=O) groups excluding carboxylic acids is 1. The Labute approximate surface area is 216 Å². The van der Waals surface area contributed by atoms with Crippen molar-refractivity contribution >= 4 is 33.7 Å². The van der Waals surface area contributed by atoms with Gasteiger partial charge < -0.3 is 10.3 Å². The number of amides is 1. The van der Waals surface area contributed by atoms with Crippen LogP contribution in [-0.4, -0.2) is 41.0 Å². The van der Waals surface area contributed by atoms with Crippen molar-refractivity contribution < 1.29 is 9.18 Å². The Balaban J connectivity index is 1.41. The van der Waals surface area contributed by atoms with E-state index in [-0.39, 0.29) is 11.7 Å². The zero-order chi connectivity index (χ0) is 26.4. The van der Waals surface area contributed by atoms with E-state index in [0.29, 0.717) is 50.7 Å². The molecule has 0 aliphatic heterocycles. The predicted molar refractivity (Wildman–Crippen MR) is 143 cm³/mol. The Hall–Kier alpha value is -4.99. The molecule has 1 aromatic carbocycles. The van der Waals surface area contributed by atoms with Crippen LogP contribution in [0.25, 0.3) is 56.1 Å². The maximum Gasteiger partial charge on any atom is 0.229 e. The molecule has 0 saturated carbocycles. The fourth-order valence-corrected chi connectivity index (χ4v) is 4.09. The van der Waals surface area contributed by atoms with Crippen molar-refractivity contribution in [3.8, 4) is 34.0 Å². The standard InChI is InChI=1S/C28H23FN8O/c1-28(2,3)27(38)32-16-12-15(13-30-14-16)19-8-9-21-24(33-19)25(37-36-21)26-34-20-10-11-31-22(23(20)35-26)17-6-4-5-7-18(17)29/h4-14H,1-3H3,(H,32,38)(H,34,35)(H,36,37). The highest BCUT2D eigenvalue weighted by molar-refractivity contribution is 5.96. The van der Waals surface area contributed by atoms with E-state index in [1.807, 2.05) is 39.0 Å². The first-order chi connectivity index (χ1) is 18.3. The number of nitrogens with one attached hydrogen (secondary N) is 3. The molecular formula is C28H23FN8O. The fraction of sp³-hybridized carbons (Fsp3) is 0.143. The molecule has 6 aromatic rings. The van der Waals surface area contributed by atoms with Gasteiger partial charge in [-0.3, -0.25) is 19.9 Å². The summed E-state index contributed by atoms with van der Waals surface area (Å²) in [6.45, 7) is 5.55. The van der Waals surface area contributed by atoms with Gasteiger partial charge in [0.2, 0.25) is 5.91 Å². The van der Waals surface area contributed by atoms with Gasteiger partial charge in [-0.25, -0.2) is 14.4 Å². The molecule has 1 amide bonds. The average molecular weight is 507 g/mol. The molecule has 0 saturated heterocycles. The minimum atomic E-state index is -0.535. The van der Waals surface area contributed by atoms with E-state index in [4.69, 9.17) is 9.97 Å². The summed E-state index contributed by atoms with van der Waals surface area (Å²) in [4.78, 5) is 33.9. The van der Waals surface area contributed by atoms with E-state index in [0.717, 1.165) is 11.1 Å². The molecule has 3 N–H and O–H groups in total. The third-order valence-corrected chi connectivity index (χ3v) is 6.13. The van der Waals surface area contributed by atoms with Gasteiger partial charge >= 0.3 is 0 Å². The number of anilines is 1. The highest BCUT2D eigenvalue weighted by atomic mass is 19.1. The quantitative estimate of drug-likeness (QED) is 0.280. The number of nitrogens with zero attached hydrogens (tertiary/aromatic N) is 5. The van der Waals surface area contributed by atoms with E-state index < -0.39 is 5.41 Å². The first-order valence-electron chi connectivity index (χ1n) is 12.0. The van der Waals surface area contributed by atoms with Crippen LogP contribution in [0.15, 0.2) is 67.1 Å². The fourth-order valence-electron chi connectivity index (χ4n) is 4.09. The maximum atomic E-state index is 14.5. The number of aromatic amines is 2. The Morgan fingerprint density at radius 2 is 1.76 bits per heavy atom. The minimum absolute atomic E-state index is 0.105. The molecule has 0 bridgehead atoms. The zero-order valence-corrected chi connectivity index (χ0v) is 20.9. The molecule has 0 spiro atoms. The number of imidazole rings is 1. The molecule has 188 valence electrons. The predicted octanol–water partition coefficient (Wildman–Crippen LogP) is 5.75. The summed E-state index contributed by atoms with van der Waals surface area (Å²) in [5.74, 6) is 0.0000219. The number of benzene rings is 1. The van der Waals surface area contributed by atoms with Crippen LogP contribution in [-0.2, 0) is 4.79 Å². The number of carbonyl (C=O) groups is 1. The molecule has 5 aromatic heterocycles.